The number of hydrogen-bond donors (Lipinski definition) is 1. The molecule has 2 aliphatic rings. The zero-order chi connectivity index (χ0) is 13.3. The Kier molecular flexibility index (Phi) is 3.94. The number of likely N-dealkylation sites (N-methyl/N-ethyl adjacent to an activating group) is 1. The van der Waals surface area contributed by atoms with Crippen LogP contribution in [0.2, 0.25) is 0 Å². The molecule has 18 heavy (non-hydrogen) atoms. The van der Waals surface area contributed by atoms with Crippen molar-refractivity contribution in [3.8, 4) is 0 Å². The molecule has 2 atom stereocenters. The minimum atomic E-state index is -0.181. The summed E-state index contributed by atoms with van der Waals surface area (Å²) >= 11 is 0. The van der Waals surface area contributed by atoms with Gasteiger partial charge in [-0.1, -0.05) is 0 Å². The fourth-order valence-electron chi connectivity index (χ4n) is 3.08. The molecule has 1 amide bonds. The maximum atomic E-state index is 12.5. The third-order valence-electron chi connectivity index (χ3n) is 4.08. The Bertz CT molecular complexity index is 313. The van der Waals surface area contributed by atoms with E-state index in [9.17, 15) is 4.79 Å². The fourth-order valence-corrected chi connectivity index (χ4v) is 3.08. The smallest absolute Gasteiger partial charge is 0.241 e. The first kappa shape index (κ1) is 13.8. The van der Waals surface area contributed by atoms with E-state index in [4.69, 9.17) is 10.5 Å². The lowest BCUT2D eigenvalue weighted by molar-refractivity contribution is -0.152. The van der Waals surface area contributed by atoms with Crippen molar-refractivity contribution in [1.29, 1.82) is 0 Å². The van der Waals surface area contributed by atoms with Crippen LogP contribution in [0.15, 0.2) is 0 Å². The van der Waals surface area contributed by atoms with E-state index in [0.29, 0.717) is 13.1 Å². The zero-order valence-corrected chi connectivity index (χ0v) is 11.7. The van der Waals surface area contributed by atoms with E-state index in [1.807, 2.05) is 11.9 Å². The Labute approximate surface area is 109 Å². The van der Waals surface area contributed by atoms with Gasteiger partial charge in [0.2, 0.25) is 5.91 Å². The SMILES string of the molecule is CN1CC(C)(C)N(CC2CCCO2)C(=O)C1CN. The predicted molar refractivity (Wildman–Crippen MR) is 70.2 cm³/mol. The van der Waals surface area contributed by atoms with E-state index < -0.39 is 0 Å². The number of rotatable bonds is 3. The van der Waals surface area contributed by atoms with Crippen molar-refractivity contribution in [2.45, 2.75) is 44.4 Å². The minimum Gasteiger partial charge on any atom is -0.376 e. The quantitative estimate of drug-likeness (QED) is 0.774. The summed E-state index contributed by atoms with van der Waals surface area (Å²) in [5, 5.41) is 0. The van der Waals surface area contributed by atoms with Crippen LogP contribution in [-0.2, 0) is 9.53 Å². The molecule has 0 bridgehead atoms. The lowest BCUT2D eigenvalue weighted by Gasteiger charge is -2.49. The number of amides is 1. The van der Waals surface area contributed by atoms with Gasteiger partial charge in [0, 0.05) is 26.2 Å². The van der Waals surface area contributed by atoms with E-state index >= 15 is 0 Å². The molecule has 104 valence electrons. The molecule has 0 saturated carbocycles. The highest BCUT2D eigenvalue weighted by Gasteiger charge is 2.43. The lowest BCUT2D eigenvalue weighted by Crippen LogP contribution is -2.67. The molecule has 0 aromatic carbocycles. The highest BCUT2D eigenvalue weighted by molar-refractivity contribution is 5.83. The van der Waals surface area contributed by atoms with Gasteiger partial charge in [0.1, 0.15) is 6.04 Å². The van der Waals surface area contributed by atoms with Crippen molar-refractivity contribution in [1.82, 2.24) is 9.80 Å². The van der Waals surface area contributed by atoms with Crippen LogP contribution in [0.4, 0.5) is 0 Å². The number of piperazine rings is 1. The fraction of sp³-hybridized carbons (Fsp3) is 0.923. The minimum absolute atomic E-state index is 0.145. The molecule has 2 fully saturated rings. The maximum Gasteiger partial charge on any atom is 0.241 e. The van der Waals surface area contributed by atoms with Gasteiger partial charge in [0.15, 0.2) is 0 Å². The molecule has 0 radical (unpaired) electrons. The number of carbonyl (C=O) groups is 1. The van der Waals surface area contributed by atoms with E-state index in [-0.39, 0.29) is 23.6 Å². The number of nitrogens with two attached hydrogens (primary N) is 1. The summed E-state index contributed by atoms with van der Waals surface area (Å²) in [5.74, 6) is 0.145. The topological polar surface area (TPSA) is 58.8 Å². The van der Waals surface area contributed by atoms with E-state index in [0.717, 1.165) is 26.0 Å². The van der Waals surface area contributed by atoms with Crippen molar-refractivity contribution in [2.75, 3.05) is 33.3 Å². The Morgan fingerprint density at radius 1 is 1.50 bits per heavy atom. The van der Waals surface area contributed by atoms with Crippen molar-refractivity contribution in [3.05, 3.63) is 0 Å². The second-order valence-corrected chi connectivity index (χ2v) is 6.06. The summed E-state index contributed by atoms with van der Waals surface area (Å²) in [5.41, 5.74) is 5.57. The predicted octanol–water partition coefficient (Wildman–Crippen LogP) is 0.0453. The number of hydrogen-bond acceptors (Lipinski definition) is 4. The monoisotopic (exact) mass is 255 g/mol. The molecule has 0 aliphatic carbocycles. The molecule has 0 aromatic rings. The second-order valence-electron chi connectivity index (χ2n) is 6.06. The molecule has 5 nitrogen and oxygen atoms in total. The third kappa shape index (κ3) is 2.53. The van der Waals surface area contributed by atoms with Gasteiger partial charge in [-0.2, -0.15) is 0 Å². The molecule has 2 saturated heterocycles. The van der Waals surface area contributed by atoms with Gasteiger partial charge >= 0.3 is 0 Å². The molecule has 0 aromatic heterocycles. The standard InChI is InChI=1S/C13H25N3O2/c1-13(2)9-15(3)11(7-14)12(17)16(13)8-10-5-4-6-18-10/h10-11H,4-9,14H2,1-3H3. The Morgan fingerprint density at radius 3 is 2.78 bits per heavy atom. The first-order chi connectivity index (χ1) is 8.45. The molecule has 2 unspecified atom stereocenters. The molecular formula is C13H25N3O2. The second kappa shape index (κ2) is 5.15. The summed E-state index contributed by atoms with van der Waals surface area (Å²) in [7, 11) is 1.97. The molecule has 5 heteroatoms. The van der Waals surface area contributed by atoms with Gasteiger partial charge in [-0.25, -0.2) is 0 Å². The van der Waals surface area contributed by atoms with Crippen molar-refractivity contribution in [3.63, 3.8) is 0 Å². The van der Waals surface area contributed by atoms with Crippen molar-refractivity contribution >= 4 is 5.91 Å². The Balaban J connectivity index is 2.11. The van der Waals surface area contributed by atoms with Gasteiger partial charge in [-0.3, -0.25) is 9.69 Å². The molecule has 2 heterocycles. The van der Waals surface area contributed by atoms with Crippen LogP contribution in [-0.4, -0.2) is 66.7 Å². The number of ether oxygens (including phenoxy) is 1. The van der Waals surface area contributed by atoms with Crippen LogP contribution < -0.4 is 5.73 Å². The highest BCUT2D eigenvalue weighted by atomic mass is 16.5. The van der Waals surface area contributed by atoms with Crippen LogP contribution >= 0.6 is 0 Å². The maximum absolute atomic E-state index is 12.5. The Morgan fingerprint density at radius 2 is 2.22 bits per heavy atom. The van der Waals surface area contributed by atoms with Crippen LogP contribution in [0.5, 0.6) is 0 Å². The largest absolute Gasteiger partial charge is 0.376 e. The van der Waals surface area contributed by atoms with E-state index in [2.05, 4.69) is 18.7 Å². The molecular weight excluding hydrogens is 230 g/mol. The first-order valence-corrected chi connectivity index (χ1v) is 6.79. The number of nitrogens with zero attached hydrogens (tertiary/aromatic N) is 2. The zero-order valence-electron chi connectivity index (χ0n) is 11.7. The summed E-state index contributed by atoms with van der Waals surface area (Å²) in [6.07, 6.45) is 2.37. The molecule has 2 aliphatic heterocycles. The molecule has 2 N–H and O–H groups in total. The van der Waals surface area contributed by atoms with Crippen LogP contribution in [0, 0.1) is 0 Å². The molecule has 2 rings (SSSR count). The van der Waals surface area contributed by atoms with Gasteiger partial charge in [0.25, 0.3) is 0 Å². The highest BCUT2D eigenvalue weighted by Crippen LogP contribution is 2.26. The summed E-state index contributed by atoms with van der Waals surface area (Å²) < 4.78 is 5.65. The molecule has 0 spiro atoms. The van der Waals surface area contributed by atoms with Crippen molar-refractivity contribution in [2.24, 2.45) is 5.73 Å². The normalized spacial score (nSPS) is 33.1. The number of carbonyl (C=O) groups excluding carboxylic acids is 1. The Hall–Kier alpha value is -0.650. The van der Waals surface area contributed by atoms with Gasteiger partial charge in [0.05, 0.1) is 11.6 Å². The summed E-state index contributed by atoms with van der Waals surface area (Å²) in [4.78, 5) is 16.6. The van der Waals surface area contributed by atoms with Gasteiger partial charge in [-0.15, -0.1) is 0 Å². The average molecular weight is 255 g/mol. The van der Waals surface area contributed by atoms with Crippen molar-refractivity contribution < 1.29 is 9.53 Å². The van der Waals surface area contributed by atoms with Crippen LogP contribution in [0.3, 0.4) is 0 Å². The van der Waals surface area contributed by atoms with Gasteiger partial charge < -0.3 is 15.4 Å². The summed E-state index contributed by atoms with van der Waals surface area (Å²) in [6, 6.07) is -0.181. The van der Waals surface area contributed by atoms with Crippen LogP contribution in [0.1, 0.15) is 26.7 Å². The summed E-state index contributed by atoms with van der Waals surface area (Å²) in [6.45, 7) is 7.00. The first-order valence-electron chi connectivity index (χ1n) is 6.79. The van der Waals surface area contributed by atoms with Gasteiger partial charge in [-0.05, 0) is 33.7 Å². The average Bonchev–Trinajstić information content (AvgIpc) is 2.76. The van der Waals surface area contributed by atoms with E-state index in [1.165, 1.54) is 0 Å². The third-order valence-corrected chi connectivity index (χ3v) is 4.08. The van der Waals surface area contributed by atoms with E-state index in [1.54, 1.807) is 0 Å². The lowest BCUT2D eigenvalue weighted by atomic mass is 9.94. The van der Waals surface area contributed by atoms with Crippen LogP contribution in [0.25, 0.3) is 0 Å².